The van der Waals surface area contributed by atoms with E-state index in [1.807, 2.05) is 26.0 Å². The molecule has 0 radical (unpaired) electrons. The molecule has 0 saturated carbocycles. The first-order valence-electron chi connectivity index (χ1n) is 9.32. The molecule has 2 aromatic rings. The Morgan fingerprint density at radius 2 is 1.79 bits per heavy atom. The minimum Gasteiger partial charge on any atom is -0.393 e. The molecule has 8 heteroatoms. The first-order chi connectivity index (χ1) is 13.6. The summed E-state index contributed by atoms with van der Waals surface area (Å²) in [5.74, 6) is 0. The molecule has 0 amide bonds. The van der Waals surface area contributed by atoms with E-state index in [1.165, 1.54) is 6.08 Å². The van der Waals surface area contributed by atoms with Crippen molar-refractivity contribution >= 4 is 24.3 Å². The SMILES string of the molecule is CC1=CC(C)=[N+]2C1=C(c1ccc(/C=C/[N+](=O)[O-])cc1)c1c(C)cc(C)n1[B-]2(F)F. The van der Waals surface area contributed by atoms with E-state index in [2.05, 4.69) is 0 Å². The van der Waals surface area contributed by atoms with Crippen LogP contribution in [0.5, 0.6) is 0 Å². The minimum atomic E-state index is -4.00. The molecule has 148 valence electrons. The van der Waals surface area contributed by atoms with Gasteiger partial charge in [-0.2, -0.15) is 0 Å². The lowest BCUT2D eigenvalue weighted by Gasteiger charge is -2.34. The van der Waals surface area contributed by atoms with E-state index in [0.717, 1.165) is 37.4 Å². The predicted molar refractivity (Wildman–Crippen MR) is 110 cm³/mol. The lowest BCUT2D eigenvalue weighted by molar-refractivity contribution is -0.400. The number of aromatic nitrogens is 1. The van der Waals surface area contributed by atoms with Crippen molar-refractivity contribution in [3.05, 3.63) is 92.1 Å². The average molecular weight is 395 g/mol. The van der Waals surface area contributed by atoms with Crippen molar-refractivity contribution in [1.82, 2.24) is 4.48 Å². The van der Waals surface area contributed by atoms with Crippen molar-refractivity contribution in [3.63, 3.8) is 0 Å². The molecule has 2 aliphatic heterocycles. The third kappa shape index (κ3) is 2.78. The molecular formula is C21H20BF2N3O2. The van der Waals surface area contributed by atoms with Crippen LogP contribution in [0.15, 0.2) is 53.9 Å². The first-order valence-corrected chi connectivity index (χ1v) is 9.32. The zero-order chi connectivity index (χ0) is 21.1. The highest BCUT2D eigenvalue weighted by molar-refractivity contribution is 6.58. The number of halogens is 2. The van der Waals surface area contributed by atoms with Crippen LogP contribution in [0.4, 0.5) is 8.63 Å². The number of aryl methyl sites for hydroxylation is 2. The lowest BCUT2D eigenvalue weighted by Crippen LogP contribution is -2.51. The number of nitrogens with zero attached hydrogens (tertiary/aromatic N) is 3. The van der Waals surface area contributed by atoms with Crippen LogP contribution < -0.4 is 0 Å². The van der Waals surface area contributed by atoms with Gasteiger partial charge in [0.1, 0.15) is 5.71 Å². The van der Waals surface area contributed by atoms with Crippen molar-refractivity contribution < 1.29 is 18.0 Å². The van der Waals surface area contributed by atoms with Gasteiger partial charge in [-0.3, -0.25) is 10.1 Å². The topological polar surface area (TPSA) is 51.1 Å². The second-order valence-electron chi connectivity index (χ2n) is 7.56. The number of hydrogen-bond donors (Lipinski definition) is 0. The van der Waals surface area contributed by atoms with E-state index in [4.69, 9.17) is 0 Å². The van der Waals surface area contributed by atoms with Gasteiger partial charge in [0.15, 0.2) is 5.70 Å². The maximum atomic E-state index is 15.6. The summed E-state index contributed by atoms with van der Waals surface area (Å²) in [7, 11) is 0. The third-order valence-electron chi connectivity index (χ3n) is 5.52. The number of rotatable bonds is 3. The Labute approximate surface area is 167 Å². The van der Waals surface area contributed by atoms with Gasteiger partial charge >= 0.3 is 6.97 Å². The van der Waals surface area contributed by atoms with Crippen molar-refractivity contribution in [2.45, 2.75) is 27.7 Å². The van der Waals surface area contributed by atoms with Gasteiger partial charge in [-0.15, -0.1) is 0 Å². The fourth-order valence-corrected chi connectivity index (χ4v) is 4.48. The fraction of sp³-hybridized carbons (Fsp3) is 0.190. The number of nitro groups is 1. The molecule has 0 atom stereocenters. The molecule has 4 rings (SSSR count). The van der Waals surface area contributed by atoms with E-state index in [0.29, 0.717) is 28.4 Å². The summed E-state index contributed by atoms with van der Waals surface area (Å²) in [6.45, 7) is 3.10. The summed E-state index contributed by atoms with van der Waals surface area (Å²) in [6, 6.07) is 8.94. The lowest BCUT2D eigenvalue weighted by atomic mass is 9.83. The Kier molecular flexibility index (Phi) is 4.18. The fourth-order valence-electron chi connectivity index (χ4n) is 4.48. The third-order valence-corrected chi connectivity index (χ3v) is 5.52. The molecule has 0 aliphatic carbocycles. The molecule has 3 heterocycles. The number of fused-ring (bicyclic) bond motifs is 2. The number of allylic oxidation sites excluding steroid dienone is 2. The van der Waals surface area contributed by atoms with Crippen LogP contribution in [0, 0.1) is 24.0 Å². The Morgan fingerprint density at radius 3 is 2.41 bits per heavy atom. The second kappa shape index (κ2) is 6.37. The van der Waals surface area contributed by atoms with Crippen molar-refractivity contribution in [3.8, 4) is 0 Å². The van der Waals surface area contributed by atoms with E-state index >= 15 is 8.63 Å². The van der Waals surface area contributed by atoms with Gasteiger partial charge in [0, 0.05) is 30.3 Å². The number of benzene rings is 1. The molecule has 5 nitrogen and oxygen atoms in total. The van der Waals surface area contributed by atoms with Gasteiger partial charge in [0.2, 0.25) is 6.20 Å². The minimum absolute atomic E-state index is 0.516. The van der Waals surface area contributed by atoms with E-state index in [9.17, 15) is 10.1 Å². The zero-order valence-corrected chi connectivity index (χ0v) is 16.6. The molecule has 1 aromatic heterocycles. The summed E-state index contributed by atoms with van der Waals surface area (Å²) in [6.07, 6.45) is 4.07. The Balaban J connectivity index is 1.99. The quantitative estimate of drug-likeness (QED) is 0.427. The standard InChI is InChI=1S/C21H20BF2N3O2/c1-13-11-15(3)26-20(13)19(18-7-5-17(6-8-18)9-10-25(28)29)21-14(2)12-16(4)27(21)22(26,23)24/h5-12H,1-4H3/b10-9+. The highest BCUT2D eigenvalue weighted by Gasteiger charge is 2.55. The number of hydrogen-bond acceptors (Lipinski definition) is 2. The van der Waals surface area contributed by atoms with Gasteiger partial charge in [-0.1, -0.05) is 24.3 Å². The average Bonchev–Trinajstić information content (AvgIpc) is 3.11. The van der Waals surface area contributed by atoms with Crippen LogP contribution in [0.3, 0.4) is 0 Å². The van der Waals surface area contributed by atoms with Crippen LogP contribution in [0.25, 0.3) is 11.6 Å². The molecule has 1 aromatic carbocycles. The van der Waals surface area contributed by atoms with Crippen LogP contribution in [-0.2, 0) is 0 Å². The summed E-state index contributed by atoms with van der Waals surface area (Å²) < 4.78 is 33.5. The Hall–Kier alpha value is -3.29. The van der Waals surface area contributed by atoms with E-state index < -0.39 is 11.9 Å². The molecule has 0 fully saturated rings. The van der Waals surface area contributed by atoms with Gasteiger partial charge in [0.25, 0.3) is 0 Å². The van der Waals surface area contributed by atoms with Crippen molar-refractivity contribution in [2.75, 3.05) is 0 Å². The largest absolute Gasteiger partial charge is 0.737 e. The van der Waals surface area contributed by atoms with Gasteiger partial charge in [-0.05, 0) is 49.2 Å². The van der Waals surface area contributed by atoms with Crippen LogP contribution in [-0.4, -0.2) is 26.6 Å². The molecule has 0 N–H and O–H groups in total. The van der Waals surface area contributed by atoms with Gasteiger partial charge < -0.3 is 17.6 Å². The maximum absolute atomic E-state index is 15.6. The predicted octanol–water partition coefficient (Wildman–Crippen LogP) is 4.78. The van der Waals surface area contributed by atoms with E-state index in [1.54, 1.807) is 38.1 Å². The molecule has 0 unspecified atom stereocenters. The van der Waals surface area contributed by atoms with Gasteiger partial charge in [-0.25, -0.2) is 0 Å². The monoisotopic (exact) mass is 395 g/mol. The molecule has 0 saturated heterocycles. The first kappa shape index (κ1) is 19.0. The maximum Gasteiger partial charge on any atom is 0.737 e. The highest BCUT2D eigenvalue weighted by Crippen LogP contribution is 2.44. The van der Waals surface area contributed by atoms with Crippen LogP contribution in [0.2, 0.25) is 0 Å². The normalized spacial score (nSPS) is 17.7. The molecule has 29 heavy (non-hydrogen) atoms. The summed E-state index contributed by atoms with van der Waals surface area (Å²) >= 11 is 0. The summed E-state index contributed by atoms with van der Waals surface area (Å²) in [4.78, 5) is 10.0. The van der Waals surface area contributed by atoms with Crippen molar-refractivity contribution in [2.24, 2.45) is 0 Å². The van der Waals surface area contributed by atoms with Crippen molar-refractivity contribution in [1.29, 1.82) is 0 Å². The van der Waals surface area contributed by atoms with E-state index in [-0.39, 0.29) is 0 Å². The molecule has 0 bridgehead atoms. The van der Waals surface area contributed by atoms with Crippen LogP contribution in [0.1, 0.15) is 41.9 Å². The smallest absolute Gasteiger partial charge is 0.393 e. The summed E-state index contributed by atoms with van der Waals surface area (Å²) in [5.41, 5.74) is 5.87. The van der Waals surface area contributed by atoms with Crippen LogP contribution >= 0.6 is 0 Å². The molecule has 0 spiro atoms. The summed E-state index contributed by atoms with van der Waals surface area (Å²) in [5, 5.41) is 10.5. The molecular weight excluding hydrogens is 375 g/mol. The second-order valence-corrected chi connectivity index (χ2v) is 7.56. The zero-order valence-electron chi connectivity index (χ0n) is 16.6. The Bertz CT molecular complexity index is 1190. The highest BCUT2D eigenvalue weighted by atomic mass is 19.2. The van der Waals surface area contributed by atoms with Gasteiger partial charge in [0.05, 0.1) is 10.5 Å². The molecule has 2 aliphatic rings. The Morgan fingerprint density at radius 1 is 1.14 bits per heavy atom.